The number of anilines is 1. The van der Waals surface area contributed by atoms with Crippen LogP contribution in [0.2, 0.25) is 0 Å². The molecule has 2 aromatic carbocycles. The number of hydrogen-bond acceptors (Lipinski definition) is 7. The minimum Gasteiger partial charge on any atom is -0.490 e. The first kappa shape index (κ1) is 32.9. The fourth-order valence-electron chi connectivity index (χ4n) is 5.23. The molecule has 0 aliphatic carbocycles. The van der Waals surface area contributed by atoms with Crippen molar-refractivity contribution in [3.8, 4) is 5.75 Å². The third-order valence-electron chi connectivity index (χ3n) is 7.99. The summed E-state index contributed by atoms with van der Waals surface area (Å²) in [4.78, 5) is 33.1. The average molecular weight is 612 g/mol. The van der Waals surface area contributed by atoms with E-state index in [1.807, 2.05) is 36.0 Å². The Labute approximate surface area is 256 Å². The maximum atomic E-state index is 13.0. The molecule has 5 rings (SSSR count). The number of carbonyl (C=O) groups is 2. The van der Waals surface area contributed by atoms with E-state index in [2.05, 4.69) is 28.2 Å². The fourth-order valence-corrected chi connectivity index (χ4v) is 5.23. The van der Waals surface area contributed by atoms with Crippen LogP contribution in [0.15, 0.2) is 60.9 Å². The summed E-state index contributed by atoms with van der Waals surface area (Å²) in [5.41, 5.74) is 2.44. The van der Waals surface area contributed by atoms with Gasteiger partial charge in [0.05, 0.1) is 5.56 Å². The van der Waals surface area contributed by atoms with Gasteiger partial charge in [0.2, 0.25) is 0 Å². The quantitative estimate of drug-likeness (QED) is 0.360. The van der Waals surface area contributed by atoms with Crippen LogP contribution >= 0.6 is 0 Å². The SMILES string of the molecule is CN1CCN(Cc2ccc(C=O)cc2C(F)(F)F)CC1.CNc1ccc(C)c(OC2CCN(C(=O)c3ccncc3)CC2)c1. The van der Waals surface area contributed by atoms with Gasteiger partial charge >= 0.3 is 6.18 Å². The molecule has 0 saturated carbocycles. The number of carbonyl (C=O) groups excluding carboxylic acids is 2. The van der Waals surface area contributed by atoms with Crippen LogP contribution in [0, 0.1) is 6.92 Å². The third-order valence-corrected chi connectivity index (χ3v) is 7.99. The molecule has 2 fully saturated rings. The molecule has 0 spiro atoms. The van der Waals surface area contributed by atoms with Crippen molar-refractivity contribution in [1.29, 1.82) is 0 Å². The standard InChI is InChI=1S/C19H23N3O2.C14H17F3N2O/c1-14-3-4-16(20-2)13-18(14)24-17-7-11-22(12-8-17)19(23)15-5-9-21-10-6-15;1-18-4-6-19(7-5-18)9-12-3-2-11(10-20)8-13(12)14(15,16)17/h3-6,9-10,13,17,20H,7-8,11-12H2,1-2H3;2-3,8,10H,4-7,9H2,1H3. The summed E-state index contributed by atoms with van der Waals surface area (Å²) in [5.74, 6) is 0.991. The maximum absolute atomic E-state index is 13.0. The Morgan fingerprint density at radius 3 is 2.30 bits per heavy atom. The van der Waals surface area contributed by atoms with Gasteiger partial charge in [-0.1, -0.05) is 18.2 Å². The van der Waals surface area contributed by atoms with Gasteiger partial charge in [0, 0.05) is 101 Å². The van der Waals surface area contributed by atoms with Gasteiger partial charge < -0.3 is 19.9 Å². The number of amides is 1. The minimum atomic E-state index is -4.43. The number of piperidine rings is 1. The van der Waals surface area contributed by atoms with E-state index in [0.717, 1.165) is 75.2 Å². The topological polar surface area (TPSA) is 78.0 Å². The third kappa shape index (κ3) is 9.03. The number of nitrogens with zero attached hydrogens (tertiary/aromatic N) is 4. The van der Waals surface area contributed by atoms with E-state index in [0.29, 0.717) is 11.8 Å². The number of piperazine rings is 1. The van der Waals surface area contributed by atoms with E-state index in [9.17, 15) is 22.8 Å². The van der Waals surface area contributed by atoms with Crippen molar-refractivity contribution in [2.24, 2.45) is 0 Å². The number of likely N-dealkylation sites (tertiary alicyclic amines) is 1. The lowest BCUT2D eigenvalue weighted by molar-refractivity contribution is -0.138. The highest BCUT2D eigenvalue weighted by Gasteiger charge is 2.34. The highest BCUT2D eigenvalue weighted by atomic mass is 19.4. The van der Waals surface area contributed by atoms with Gasteiger partial charge in [-0.2, -0.15) is 13.2 Å². The number of hydrogen-bond donors (Lipinski definition) is 1. The number of likely N-dealkylation sites (N-methyl/N-ethyl adjacent to an activating group) is 1. The lowest BCUT2D eigenvalue weighted by atomic mass is 10.0. The molecular formula is C33H40F3N5O3. The molecule has 8 nitrogen and oxygen atoms in total. The fraction of sp³-hybridized carbons (Fsp3) is 0.424. The second kappa shape index (κ2) is 15.2. The summed E-state index contributed by atoms with van der Waals surface area (Å²) in [5, 5.41) is 3.13. The maximum Gasteiger partial charge on any atom is 0.416 e. The second-order valence-electron chi connectivity index (χ2n) is 11.2. The van der Waals surface area contributed by atoms with Gasteiger partial charge in [-0.05, 0) is 49.4 Å². The number of benzene rings is 2. The molecule has 44 heavy (non-hydrogen) atoms. The number of alkyl halides is 3. The molecule has 1 N–H and O–H groups in total. The Morgan fingerprint density at radius 1 is 1.00 bits per heavy atom. The van der Waals surface area contributed by atoms with E-state index >= 15 is 0 Å². The average Bonchev–Trinajstić information content (AvgIpc) is 3.03. The predicted molar refractivity (Wildman–Crippen MR) is 164 cm³/mol. The molecule has 3 aromatic rings. The van der Waals surface area contributed by atoms with Crippen LogP contribution < -0.4 is 10.1 Å². The number of pyridine rings is 1. The summed E-state index contributed by atoms with van der Waals surface area (Å²) in [6, 6.07) is 13.4. The van der Waals surface area contributed by atoms with Gasteiger partial charge in [0.15, 0.2) is 0 Å². The molecule has 1 aromatic heterocycles. The van der Waals surface area contributed by atoms with Crippen molar-refractivity contribution in [3.63, 3.8) is 0 Å². The van der Waals surface area contributed by atoms with Crippen molar-refractivity contribution in [3.05, 3.63) is 88.7 Å². The highest BCUT2D eigenvalue weighted by Crippen LogP contribution is 2.33. The molecule has 11 heteroatoms. The van der Waals surface area contributed by atoms with Gasteiger partial charge in [0.1, 0.15) is 18.1 Å². The van der Waals surface area contributed by atoms with E-state index in [1.54, 1.807) is 24.5 Å². The van der Waals surface area contributed by atoms with Crippen LogP contribution in [0.3, 0.4) is 0 Å². The molecule has 0 atom stereocenters. The Morgan fingerprint density at radius 2 is 1.68 bits per heavy atom. The smallest absolute Gasteiger partial charge is 0.416 e. The van der Waals surface area contributed by atoms with Crippen molar-refractivity contribution in [1.82, 2.24) is 19.7 Å². The highest BCUT2D eigenvalue weighted by molar-refractivity contribution is 5.94. The largest absolute Gasteiger partial charge is 0.490 e. The van der Waals surface area contributed by atoms with E-state index in [4.69, 9.17) is 4.74 Å². The molecule has 0 radical (unpaired) electrons. The zero-order valence-electron chi connectivity index (χ0n) is 25.4. The van der Waals surface area contributed by atoms with Crippen LogP contribution in [-0.4, -0.2) is 91.3 Å². The number of halogens is 3. The number of nitrogens with one attached hydrogen (secondary N) is 1. The molecule has 3 heterocycles. The summed E-state index contributed by atoms with van der Waals surface area (Å²) < 4.78 is 45.3. The molecule has 1 amide bonds. The monoisotopic (exact) mass is 611 g/mol. The van der Waals surface area contributed by atoms with Crippen molar-refractivity contribution in [2.45, 2.75) is 38.6 Å². The van der Waals surface area contributed by atoms with Crippen LogP contribution in [0.5, 0.6) is 5.75 Å². The second-order valence-corrected chi connectivity index (χ2v) is 11.2. The normalized spacial score (nSPS) is 16.5. The summed E-state index contributed by atoms with van der Waals surface area (Å²) in [6.45, 7) is 6.97. The minimum absolute atomic E-state index is 0.0550. The van der Waals surface area contributed by atoms with E-state index in [1.165, 1.54) is 12.1 Å². The van der Waals surface area contributed by atoms with Crippen molar-refractivity contribution < 1.29 is 27.5 Å². The van der Waals surface area contributed by atoms with Crippen molar-refractivity contribution in [2.75, 3.05) is 58.7 Å². The van der Waals surface area contributed by atoms with Crippen LogP contribution in [-0.2, 0) is 12.7 Å². The van der Waals surface area contributed by atoms with Gasteiger partial charge in [-0.25, -0.2) is 0 Å². The lowest BCUT2D eigenvalue weighted by Gasteiger charge is -2.32. The number of aldehydes is 1. The molecule has 2 aliphatic heterocycles. The van der Waals surface area contributed by atoms with Gasteiger partial charge in [-0.3, -0.25) is 19.5 Å². The Kier molecular flexibility index (Phi) is 11.4. The first-order valence-corrected chi connectivity index (χ1v) is 14.8. The molecular weight excluding hydrogens is 571 g/mol. The van der Waals surface area contributed by atoms with Crippen LogP contribution in [0.25, 0.3) is 0 Å². The number of rotatable bonds is 7. The van der Waals surface area contributed by atoms with Gasteiger partial charge in [0.25, 0.3) is 5.91 Å². The number of ether oxygens (including phenoxy) is 1. The lowest BCUT2D eigenvalue weighted by Crippen LogP contribution is -2.44. The summed E-state index contributed by atoms with van der Waals surface area (Å²) in [7, 11) is 3.90. The Hall–Kier alpha value is -3.96. The first-order chi connectivity index (χ1) is 21.1. The number of aryl methyl sites for hydroxylation is 1. The zero-order chi connectivity index (χ0) is 31.7. The summed E-state index contributed by atoms with van der Waals surface area (Å²) in [6.07, 6.45) is 1.16. The first-order valence-electron chi connectivity index (χ1n) is 14.8. The predicted octanol–water partition coefficient (Wildman–Crippen LogP) is 5.38. The zero-order valence-corrected chi connectivity index (χ0v) is 25.4. The van der Waals surface area contributed by atoms with E-state index < -0.39 is 11.7 Å². The summed E-state index contributed by atoms with van der Waals surface area (Å²) >= 11 is 0. The van der Waals surface area contributed by atoms with Crippen LogP contribution in [0.4, 0.5) is 18.9 Å². The molecule has 2 aliphatic rings. The van der Waals surface area contributed by atoms with Crippen LogP contribution in [0.1, 0.15) is 50.2 Å². The van der Waals surface area contributed by atoms with Crippen molar-refractivity contribution >= 4 is 17.9 Å². The Balaban J connectivity index is 0.000000204. The molecule has 2 saturated heterocycles. The molecule has 0 unspecified atom stereocenters. The Bertz CT molecular complexity index is 1390. The number of aromatic nitrogens is 1. The van der Waals surface area contributed by atoms with E-state index in [-0.39, 0.29) is 29.7 Å². The molecule has 0 bridgehead atoms. The molecule has 236 valence electrons. The van der Waals surface area contributed by atoms with Gasteiger partial charge in [-0.15, -0.1) is 0 Å².